The molecule has 192 valence electrons. The Kier molecular flexibility index (Phi) is 10.6. The smallest absolute Gasteiger partial charge is 0.232 e. The molecule has 1 aromatic rings. The fraction of sp³-hybridized carbons (Fsp3) is 0.593. The number of nitrogens with zero attached hydrogens (tertiary/aromatic N) is 1. The Bertz CT molecular complexity index is 925. The average Bonchev–Trinajstić information content (AvgIpc) is 3.04. The zero-order valence-electron chi connectivity index (χ0n) is 21.6. The van der Waals surface area contributed by atoms with E-state index < -0.39 is 12.0 Å². The summed E-state index contributed by atoms with van der Waals surface area (Å²) in [6.45, 7) is 9.55. The molecule has 1 aromatic carbocycles. The van der Waals surface area contributed by atoms with Gasteiger partial charge in [0.05, 0.1) is 6.04 Å². The van der Waals surface area contributed by atoms with Crippen molar-refractivity contribution in [3.05, 3.63) is 29.8 Å². The third-order valence-electron chi connectivity index (χ3n) is 6.36. The highest BCUT2D eigenvalue weighted by atomic mass is 16.2. The number of carbonyl (C=O) groups is 5. The molecule has 0 aliphatic carbocycles. The number of imide groups is 1. The van der Waals surface area contributed by atoms with Crippen LogP contribution < -0.4 is 10.6 Å². The number of ketones is 1. The minimum absolute atomic E-state index is 0.0388. The molecule has 0 bridgehead atoms. The molecule has 3 atom stereocenters. The van der Waals surface area contributed by atoms with Crippen molar-refractivity contribution in [2.24, 2.45) is 17.8 Å². The summed E-state index contributed by atoms with van der Waals surface area (Å²) in [7, 11) is 0. The highest BCUT2D eigenvalue weighted by Gasteiger charge is 2.34. The number of nitrogens with one attached hydrogen (secondary N) is 2. The number of anilines is 1. The van der Waals surface area contributed by atoms with Gasteiger partial charge in [-0.3, -0.25) is 28.9 Å². The zero-order valence-corrected chi connectivity index (χ0v) is 21.6. The van der Waals surface area contributed by atoms with Gasteiger partial charge in [-0.15, -0.1) is 0 Å². The predicted octanol–water partition coefficient (Wildman–Crippen LogP) is 3.63. The normalized spacial score (nSPS) is 17.4. The van der Waals surface area contributed by atoms with Gasteiger partial charge in [0, 0.05) is 43.3 Å². The second-order valence-electron chi connectivity index (χ2n) is 10.0. The van der Waals surface area contributed by atoms with Crippen molar-refractivity contribution < 1.29 is 24.0 Å². The van der Waals surface area contributed by atoms with Crippen molar-refractivity contribution in [2.75, 3.05) is 11.9 Å². The third-order valence-corrected chi connectivity index (χ3v) is 6.36. The van der Waals surface area contributed by atoms with Crippen LogP contribution in [0.4, 0.5) is 5.69 Å². The quantitative estimate of drug-likeness (QED) is 0.327. The monoisotopic (exact) mass is 485 g/mol. The van der Waals surface area contributed by atoms with E-state index in [2.05, 4.69) is 10.6 Å². The molecule has 2 rings (SSSR count). The standard InChI is InChI=1S/C27H39N3O5/c1-17(2)25(22(31)15-19(4)26(34)28-21-12-10-18(3)11-13-21)29-23(32)9-7-6-8-14-30-24(33)16-20(5)27(30)35/h10-13,17,19-20,25H,6-9,14-16H2,1-5H3,(H,28,34)(H,29,32)/t19-,20?,25?/m1/s1. The Morgan fingerprint density at radius 2 is 1.69 bits per heavy atom. The van der Waals surface area contributed by atoms with Crippen LogP contribution in [0, 0.1) is 24.7 Å². The molecule has 0 radical (unpaired) electrons. The largest absolute Gasteiger partial charge is 0.346 e. The molecule has 8 nitrogen and oxygen atoms in total. The molecule has 8 heteroatoms. The van der Waals surface area contributed by atoms with Gasteiger partial charge in [-0.1, -0.05) is 51.8 Å². The van der Waals surface area contributed by atoms with Crippen LogP contribution in [0.2, 0.25) is 0 Å². The van der Waals surface area contributed by atoms with E-state index in [1.807, 2.05) is 45.0 Å². The molecule has 0 aromatic heterocycles. The van der Waals surface area contributed by atoms with Crippen molar-refractivity contribution in [3.63, 3.8) is 0 Å². The van der Waals surface area contributed by atoms with E-state index in [1.165, 1.54) is 4.90 Å². The highest BCUT2D eigenvalue weighted by Crippen LogP contribution is 2.19. The third kappa shape index (κ3) is 8.60. The molecular formula is C27H39N3O5. The maximum atomic E-state index is 12.9. The topological polar surface area (TPSA) is 113 Å². The van der Waals surface area contributed by atoms with E-state index in [9.17, 15) is 24.0 Å². The van der Waals surface area contributed by atoms with Crippen LogP contribution in [-0.4, -0.2) is 46.9 Å². The summed E-state index contributed by atoms with van der Waals surface area (Å²) in [6.07, 6.45) is 2.53. The molecule has 1 aliphatic heterocycles. The molecule has 1 heterocycles. The van der Waals surface area contributed by atoms with Crippen molar-refractivity contribution in [2.45, 2.75) is 79.2 Å². The SMILES string of the molecule is Cc1ccc(NC(=O)[C@H](C)CC(=O)C(NC(=O)CCCCCN2C(=O)CC(C)C2=O)C(C)C)cc1. The Labute approximate surface area is 208 Å². The zero-order chi connectivity index (χ0) is 26.1. The first-order valence-corrected chi connectivity index (χ1v) is 12.5. The van der Waals surface area contributed by atoms with E-state index in [0.717, 1.165) is 5.56 Å². The van der Waals surface area contributed by atoms with Crippen LogP contribution in [0.25, 0.3) is 0 Å². The maximum Gasteiger partial charge on any atom is 0.232 e. The van der Waals surface area contributed by atoms with Crippen LogP contribution in [-0.2, 0) is 24.0 Å². The molecular weight excluding hydrogens is 446 g/mol. The first-order valence-electron chi connectivity index (χ1n) is 12.5. The lowest BCUT2D eigenvalue weighted by molar-refractivity contribution is -0.139. The number of aryl methyl sites for hydroxylation is 1. The van der Waals surface area contributed by atoms with E-state index in [1.54, 1.807) is 13.8 Å². The number of rotatable bonds is 13. The summed E-state index contributed by atoms with van der Waals surface area (Å²) in [4.78, 5) is 62.9. The van der Waals surface area contributed by atoms with Gasteiger partial charge in [-0.05, 0) is 37.8 Å². The molecule has 1 aliphatic rings. The summed E-state index contributed by atoms with van der Waals surface area (Å²) in [5.41, 5.74) is 1.77. The lowest BCUT2D eigenvalue weighted by Crippen LogP contribution is -2.45. The first kappa shape index (κ1) is 28.2. The van der Waals surface area contributed by atoms with Gasteiger partial charge in [-0.2, -0.15) is 0 Å². The van der Waals surface area contributed by atoms with E-state index >= 15 is 0 Å². The van der Waals surface area contributed by atoms with Gasteiger partial charge in [-0.25, -0.2) is 0 Å². The molecule has 0 saturated carbocycles. The molecule has 4 amide bonds. The average molecular weight is 486 g/mol. The Morgan fingerprint density at radius 3 is 2.26 bits per heavy atom. The van der Waals surface area contributed by atoms with Crippen molar-refractivity contribution >= 4 is 35.1 Å². The van der Waals surface area contributed by atoms with E-state index in [0.29, 0.717) is 31.5 Å². The van der Waals surface area contributed by atoms with Crippen LogP contribution in [0.15, 0.2) is 24.3 Å². The Morgan fingerprint density at radius 1 is 1.03 bits per heavy atom. The lowest BCUT2D eigenvalue weighted by Gasteiger charge is -2.23. The second kappa shape index (κ2) is 13.2. The van der Waals surface area contributed by atoms with Gasteiger partial charge >= 0.3 is 0 Å². The number of hydrogen-bond acceptors (Lipinski definition) is 5. The summed E-state index contributed by atoms with van der Waals surface area (Å²) < 4.78 is 0. The van der Waals surface area contributed by atoms with E-state index in [4.69, 9.17) is 0 Å². The summed E-state index contributed by atoms with van der Waals surface area (Å²) >= 11 is 0. The van der Waals surface area contributed by atoms with Gasteiger partial charge in [0.25, 0.3) is 0 Å². The molecule has 1 saturated heterocycles. The Balaban J connectivity index is 1.74. The predicted molar refractivity (Wildman–Crippen MR) is 134 cm³/mol. The van der Waals surface area contributed by atoms with Gasteiger partial charge < -0.3 is 10.6 Å². The van der Waals surface area contributed by atoms with Crippen LogP contribution in [0.1, 0.15) is 71.8 Å². The van der Waals surface area contributed by atoms with Crippen LogP contribution >= 0.6 is 0 Å². The van der Waals surface area contributed by atoms with E-state index in [-0.39, 0.29) is 60.5 Å². The van der Waals surface area contributed by atoms with Gasteiger partial charge in [0.15, 0.2) is 5.78 Å². The number of likely N-dealkylation sites (tertiary alicyclic amines) is 1. The minimum atomic E-state index is -0.654. The number of amides is 4. The molecule has 35 heavy (non-hydrogen) atoms. The molecule has 2 unspecified atom stereocenters. The van der Waals surface area contributed by atoms with Crippen molar-refractivity contribution in [1.29, 1.82) is 0 Å². The maximum absolute atomic E-state index is 12.9. The number of carbonyl (C=O) groups excluding carboxylic acids is 5. The van der Waals surface area contributed by atoms with Crippen LogP contribution in [0.3, 0.4) is 0 Å². The number of benzene rings is 1. The first-order chi connectivity index (χ1) is 16.5. The number of Topliss-reactive ketones (excluding diaryl/α,β-unsaturated/α-hetero) is 1. The van der Waals surface area contributed by atoms with Crippen LogP contribution in [0.5, 0.6) is 0 Å². The fourth-order valence-corrected chi connectivity index (χ4v) is 4.10. The number of unbranched alkanes of at least 4 members (excludes halogenated alkanes) is 2. The van der Waals surface area contributed by atoms with Gasteiger partial charge in [0.1, 0.15) is 0 Å². The Hall–Kier alpha value is -3.03. The summed E-state index contributed by atoms with van der Waals surface area (Å²) in [5, 5.41) is 5.66. The molecule has 2 N–H and O–H groups in total. The molecule has 0 spiro atoms. The fourth-order valence-electron chi connectivity index (χ4n) is 4.10. The minimum Gasteiger partial charge on any atom is -0.346 e. The summed E-state index contributed by atoms with van der Waals surface area (Å²) in [5.74, 6) is -1.73. The second-order valence-corrected chi connectivity index (χ2v) is 10.0. The summed E-state index contributed by atoms with van der Waals surface area (Å²) in [6, 6.07) is 6.79. The number of hydrogen-bond donors (Lipinski definition) is 2. The highest BCUT2D eigenvalue weighted by molar-refractivity contribution is 6.03. The van der Waals surface area contributed by atoms with Crippen molar-refractivity contribution in [1.82, 2.24) is 10.2 Å². The van der Waals surface area contributed by atoms with Crippen molar-refractivity contribution in [3.8, 4) is 0 Å². The lowest BCUT2D eigenvalue weighted by atomic mass is 9.92. The van der Waals surface area contributed by atoms with Gasteiger partial charge in [0.2, 0.25) is 23.6 Å². The molecule has 1 fully saturated rings.